The van der Waals surface area contributed by atoms with Gasteiger partial charge in [-0.3, -0.25) is 8.42 Å². The van der Waals surface area contributed by atoms with Crippen molar-refractivity contribution >= 4 is 10.4 Å². The maximum Gasteiger partial charge on any atom is 2.00 e. The third-order valence-corrected chi connectivity index (χ3v) is 0. The molecule has 0 bridgehead atoms. The smallest absolute Gasteiger partial charge is 0.759 e. The molecule has 0 aliphatic rings. The largest absolute Gasteiger partial charge is 2.00 e. The molecule has 0 amide bonds. The summed E-state index contributed by atoms with van der Waals surface area (Å²) in [7, 11) is -5.17. The van der Waals surface area contributed by atoms with Gasteiger partial charge >= 0.3 is 111 Å². The van der Waals surface area contributed by atoms with Crippen molar-refractivity contribution in [2.75, 3.05) is 0 Å². The van der Waals surface area contributed by atoms with Crippen LogP contribution in [0.2, 0.25) is 0 Å². The first-order chi connectivity index (χ1) is 2.00. The van der Waals surface area contributed by atoms with Gasteiger partial charge in [-0.2, -0.15) is 0 Å². The predicted octanol–water partition coefficient (Wildman–Crippen LogP) is -1.35. The summed E-state index contributed by atoms with van der Waals surface area (Å²) in [6, 6.07) is 0. The predicted molar refractivity (Wildman–Crippen MR) is 10.5 cm³/mol. The van der Waals surface area contributed by atoms with Crippen LogP contribution < -0.4 is 0 Å². The molecular weight excluding hydrogens is 898 g/mol. The molecule has 0 saturated carbocycles. The van der Waals surface area contributed by atoms with Crippen molar-refractivity contribution in [1.29, 1.82) is 0 Å². The van der Waals surface area contributed by atoms with E-state index >= 15 is 0 Å². The molecule has 0 unspecified atom stereocenters. The molecule has 4 nitrogen and oxygen atoms in total. The minimum Gasteiger partial charge on any atom is -0.759 e. The van der Waals surface area contributed by atoms with Crippen molar-refractivity contribution in [2.24, 2.45) is 0 Å². The molecule has 0 spiro atoms. The Morgan fingerprint density at radius 2 is 0.778 bits per heavy atom. The van der Waals surface area contributed by atoms with Gasteiger partial charge < -0.3 is 9.11 Å². The van der Waals surface area contributed by atoms with Gasteiger partial charge in [-0.15, -0.1) is 0 Å². The molecule has 0 aliphatic carbocycles. The van der Waals surface area contributed by atoms with Gasteiger partial charge in [0.25, 0.3) is 0 Å². The Labute approximate surface area is 136 Å². The Hall–Kier alpha value is 3.61. The molecule has 0 fully saturated rings. The Balaban J connectivity index is -0.0000000133. The Morgan fingerprint density at radius 1 is 0.778 bits per heavy atom. The van der Waals surface area contributed by atoms with E-state index in [1.807, 2.05) is 0 Å². The summed E-state index contributed by atoms with van der Waals surface area (Å²) in [4.78, 5) is 0. The van der Waals surface area contributed by atoms with Crippen LogP contribution in [0.15, 0.2) is 0 Å². The van der Waals surface area contributed by atoms with Crippen LogP contribution in [-0.2, 0) is 121 Å². The van der Waals surface area contributed by atoms with Gasteiger partial charge in [-0.05, 0) is 0 Å². The summed E-state index contributed by atoms with van der Waals surface area (Å²) >= 11 is 0. The third-order valence-electron chi connectivity index (χ3n) is 0. The number of hydrogen-bond donors (Lipinski definition) is 0. The zero-order valence-electron chi connectivity index (χ0n) is 4.87. The quantitative estimate of drug-likeness (QED) is 0.172. The van der Waals surface area contributed by atoms with Gasteiger partial charge in [0.15, 0.2) is 0 Å². The van der Waals surface area contributed by atoms with E-state index in [0.29, 0.717) is 0 Å². The molecular formula is Hg4O4S+6. The van der Waals surface area contributed by atoms with E-state index in [1.165, 1.54) is 0 Å². The summed E-state index contributed by atoms with van der Waals surface area (Å²) in [5, 5.41) is 0. The average Bonchev–Trinajstić information content (AvgIpc) is 0.722. The van der Waals surface area contributed by atoms with E-state index < -0.39 is 10.4 Å². The van der Waals surface area contributed by atoms with E-state index in [9.17, 15) is 0 Å². The standard InChI is InChI=1S/4Hg.H2O4S/c;;;;1-5(2,3)4/h;;;;(H2,1,2,3,4)/q4*+2;/p-2. The second-order valence-corrected chi connectivity index (χ2v) is 1.22. The molecule has 0 aliphatic heterocycles. The molecule has 0 heterocycles. The fourth-order valence-corrected chi connectivity index (χ4v) is 0. The zero-order valence-corrected chi connectivity index (χ0v) is 27.7. The van der Waals surface area contributed by atoms with Crippen LogP contribution in [0.5, 0.6) is 0 Å². The molecule has 32 valence electrons. The molecule has 0 aromatic rings. The van der Waals surface area contributed by atoms with Gasteiger partial charge in [0.2, 0.25) is 0 Å². The molecule has 0 radical (unpaired) electrons. The van der Waals surface area contributed by atoms with Crippen molar-refractivity contribution in [1.82, 2.24) is 0 Å². The van der Waals surface area contributed by atoms with Crippen LogP contribution >= 0.6 is 0 Å². The normalized spacial score (nSPS) is 6.44. The molecule has 0 saturated heterocycles. The van der Waals surface area contributed by atoms with Crippen LogP contribution in [-0.4, -0.2) is 17.5 Å². The van der Waals surface area contributed by atoms with E-state index in [4.69, 9.17) is 17.5 Å². The fourth-order valence-electron chi connectivity index (χ4n) is 0. The maximum absolute atomic E-state index is 8.52. The number of hydrogen-bond acceptors (Lipinski definition) is 4. The average molecular weight is 898 g/mol. The monoisotopic (exact) mass is 904 g/mol. The van der Waals surface area contributed by atoms with Crippen molar-refractivity contribution < 1.29 is 128 Å². The summed E-state index contributed by atoms with van der Waals surface area (Å²) < 4.78 is 34.1. The van der Waals surface area contributed by atoms with Gasteiger partial charge in [-0.25, -0.2) is 0 Å². The minimum atomic E-state index is -5.17. The molecule has 0 aromatic heterocycles. The van der Waals surface area contributed by atoms with E-state index in [-0.39, 0.29) is 111 Å². The Kier molecular flexibility index (Phi) is 46.2. The maximum atomic E-state index is 8.52. The second-order valence-electron chi connectivity index (χ2n) is 0.408. The molecule has 9 heavy (non-hydrogen) atoms. The Bertz CT molecular complexity index is 95.7. The van der Waals surface area contributed by atoms with Crippen LogP contribution in [0, 0.1) is 0 Å². The van der Waals surface area contributed by atoms with E-state index in [2.05, 4.69) is 0 Å². The van der Waals surface area contributed by atoms with Crippen molar-refractivity contribution in [3.8, 4) is 0 Å². The van der Waals surface area contributed by atoms with E-state index in [0.717, 1.165) is 0 Å². The first kappa shape index (κ1) is 29.4. The Morgan fingerprint density at radius 3 is 0.778 bits per heavy atom. The van der Waals surface area contributed by atoms with Crippen molar-refractivity contribution in [3.05, 3.63) is 0 Å². The zero-order chi connectivity index (χ0) is 4.50. The van der Waals surface area contributed by atoms with Gasteiger partial charge in [0.1, 0.15) is 0 Å². The van der Waals surface area contributed by atoms with Gasteiger partial charge in [0.05, 0.1) is 0 Å². The fraction of sp³-hybridized carbons (Fsp3) is 0. The summed E-state index contributed by atoms with van der Waals surface area (Å²) in [6.07, 6.45) is 0. The van der Waals surface area contributed by atoms with Gasteiger partial charge in [0, 0.05) is 10.4 Å². The molecule has 0 N–H and O–H groups in total. The molecule has 0 atom stereocenters. The van der Waals surface area contributed by atoms with E-state index in [1.54, 1.807) is 0 Å². The first-order valence-electron chi connectivity index (χ1n) is 0.667. The van der Waals surface area contributed by atoms with Crippen molar-refractivity contribution in [3.63, 3.8) is 0 Å². The topological polar surface area (TPSA) is 80.3 Å². The van der Waals surface area contributed by atoms with Gasteiger partial charge in [-0.1, -0.05) is 0 Å². The SMILES string of the molecule is O=S(=O)([O-])[O-].[Hg+2].[Hg+2].[Hg+2].[Hg+2]. The minimum absolute atomic E-state index is 0. The summed E-state index contributed by atoms with van der Waals surface area (Å²) in [5.41, 5.74) is 0. The van der Waals surface area contributed by atoms with Crippen LogP contribution in [0.4, 0.5) is 0 Å². The molecule has 9 heteroatoms. The third kappa shape index (κ3) is 82.3. The van der Waals surface area contributed by atoms with Crippen LogP contribution in [0.1, 0.15) is 0 Å². The second kappa shape index (κ2) is 14.2. The summed E-state index contributed by atoms with van der Waals surface area (Å²) in [5.74, 6) is 0. The summed E-state index contributed by atoms with van der Waals surface area (Å²) in [6.45, 7) is 0. The van der Waals surface area contributed by atoms with Crippen molar-refractivity contribution in [2.45, 2.75) is 0 Å². The molecule has 0 rings (SSSR count). The van der Waals surface area contributed by atoms with Crippen LogP contribution in [0.25, 0.3) is 0 Å². The molecule has 0 aromatic carbocycles. The van der Waals surface area contributed by atoms with Crippen LogP contribution in [0.3, 0.4) is 0 Å². The first-order valence-corrected chi connectivity index (χ1v) is 2.00. The number of rotatable bonds is 0.